The summed E-state index contributed by atoms with van der Waals surface area (Å²) in [6.07, 6.45) is 0.860. The molecule has 3 rings (SSSR count). The highest BCUT2D eigenvalue weighted by Crippen LogP contribution is 2.26. The van der Waals surface area contributed by atoms with Crippen LogP contribution in [0.5, 0.6) is 5.75 Å². The van der Waals surface area contributed by atoms with E-state index in [4.69, 9.17) is 10.00 Å². The Morgan fingerprint density at radius 1 is 1.23 bits per heavy atom. The molecule has 1 amide bonds. The Balaban J connectivity index is 1.59. The smallest absolute Gasteiger partial charge is 0.224 e. The number of hydrogen-bond donors (Lipinski definition) is 1. The third-order valence-corrected chi connectivity index (χ3v) is 4.76. The highest BCUT2D eigenvalue weighted by atomic mass is 32.1. The van der Waals surface area contributed by atoms with Crippen LogP contribution in [0.1, 0.15) is 17.7 Å². The van der Waals surface area contributed by atoms with Gasteiger partial charge in [-0.05, 0) is 42.8 Å². The molecule has 1 heterocycles. The molecule has 0 aliphatic carbocycles. The topological polar surface area (TPSA) is 75.0 Å². The average Bonchev–Trinajstić information content (AvgIpc) is 3.16. The Bertz CT molecular complexity index is 942. The van der Waals surface area contributed by atoms with Crippen LogP contribution in [0.15, 0.2) is 53.9 Å². The molecule has 0 aliphatic heterocycles. The van der Waals surface area contributed by atoms with Crippen LogP contribution >= 0.6 is 11.3 Å². The minimum absolute atomic E-state index is 0.133. The summed E-state index contributed by atoms with van der Waals surface area (Å²) in [6.45, 7) is 0. The van der Waals surface area contributed by atoms with E-state index in [9.17, 15) is 4.79 Å². The van der Waals surface area contributed by atoms with Gasteiger partial charge in [-0.15, -0.1) is 11.3 Å². The fraction of sp³-hybridized carbons (Fsp3) is 0.150. The van der Waals surface area contributed by atoms with E-state index in [1.807, 2.05) is 29.6 Å². The molecule has 0 saturated heterocycles. The molecule has 26 heavy (non-hydrogen) atoms. The lowest BCUT2D eigenvalue weighted by Crippen LogP contribution is -2.13. The molecule has 130 valence electrons. The Kier molecular flexibility index (Phi) is 5.62. The minimum atomic E-state index is -0.133. The molecule has 0 fully saturated rings. The zero-order valence-electron chi connectivity index (χ0n) is 14.2. The first-order chi connectivity index (χ1) is 12.7. The molecule has 2 aromatic carbocycles. The maximum absolute atomic E-state index is 12.1. The van der Waals surface area contributed by atoms with Gasteiger partial charge in [0.15, 0.2) is 0 Å². The first kappa shape index (κ1) is 17.6. The van der Waals surface area contributed by atoms with E-state index < -0.39 is 0 Å². The second-order valence-corrected chi connectivity index (χ2v) is 6.44. The molecule has 1 N–H and O–H groups in total. The number of carbonyl (C=O) groups is 1. The molecule has 5 nitrogen and oxygen atoms in total. The van der Waals surface area contributed by atoms with E-state index in [1.165, 1.54) is 0 Å². The van der Waals surface area contributed by atoms with E-state index in [1.54, 1.807) is 42.7 Å². The van der Waals surface area contributed by atoms with Crippen molar-refractivity contribution in [3.8, 4) is 22.4 Å². The van der Waals surface area contributed by atoms with Crippen LogP contribution in [-0.4, -0.2) is 18.0 Å². The van der Waals surface area contributed by atoms with Gasteiger partial charge in [0.05, 0.1) is 24.1 Å². The van der Waals surface area contributed by atoms with Crippen LogP contribution in [0.2, 0.25) is 0 Å². The number of thiazole rings is 1. The van der Waals surface area contributed by atoms with E-state index in [2.05, 4.69) is 16.4 Å². The van der Waals surface area contributed by atoms with Crippen molar-refractivity contribution in [2.24, 2.45) is 0 Å². The molecule has 0 bridgehead atoms. The molecule has 0 aliphatic rings. The number of nitrogens with one attached hydrogen (secondary N) is 1. The Morgan fingerprint density at radius 3 is 2.73 bits per heavy atom. The molecule has 6 heteroatoms. The predicted molar refractivity (Wildman–Crippen MR) is 102 cm³/mol. The van der Waals surface area contributed by atoms with E-state index in [0.717, 1.165) is 22.0 Å². The molecule has 0 atom stereocenters. The maximum atomic E-state index is 12.1. The highest BCUT2D eigenvalue weighted by molar-refractivity contribution is 7.13. The van der Waals surface area contributed by atoms with Crippen LogP contribution in [-0.2, 0) is 11.2 Å². The fourth-order valence-corrected chi connectivity index (χ4v) is 3.29. The SMILES string of the molecule is COc1ccc(-c2nc(CCC(=O)Nc3ccccc3C#N)cs2)cc1. The number of aryl methyl sites for hydroxylation is 1. The largest absolute Gasteiger partial charge is 0.497 e. The molecule has 3 aromatic rings. The normalized spacial score (nSPS) is 10.2. The van der Waals surface area contributed by atoms with Crippen molar-refractivity contribution in [3.63, 3.8) is 0 Å². The Hall–Kier alpha value is -3.17. The number of ether oxygens (including phenoxy) is 1. The first-order valence-electron chi connectivity index (χ1n) is 8.07. The van der Waals surface area contributed by atoms with Gasteiger partial charge in [0, 0.05) is 17.4 Å². The van der Waals surface area contributed by atoms with Gasteiger partial charge in [0.2, 0.25) is 5.91 Å². The lowest BCUT2D eigenvalue weighted by atomic mass is 10.2. The number of anilines is 1. The summed E-state index contributed by atoms with van der Waals surface area (Å²) in [5, 5.41) is 14.7. The summed E-state index contributed by atoms with van der Waals surface area (Å²) >= 11 is 1.55. The Morgan fingerprint density at radius 2 is 2.00 bits per heavy atom. The van der Waals surface area contributed by atoms with E-state index in [0.29, 0.717) is 24.1 Å². The van der Waals surface area contributed by atoms with Crippen molar-refractivity contribution in [3.05, 3.63) is 65.2 Å². The number of nitrogens with zero attached hydrogens (tertiary/aromatic N) is 2. The van der Waals surface area contributed by atoms with Gasteiger partial charge in [-0.25, -0.2) is 4.98 Å². The summed E-state index contributed by atoms with van der Waals surface area (Å²) in [4.78, 5) is 16.7. The van der Waals surface area contributed by atoms with Crippen LogP contribution in [0.4, 0.5) is 5.69 Å². The number of carbonyl (C=O) groups excluding carboxylic acids is 1. The molecular weight excluding hydrogens is 346 g/mol. The molecule has 0 saturated carbocycles. The maximum Gasteiger partial charge on any atom is 0.224 e. The van der Waals surface area contributed by atoms with Crippen molar-refractivity contribution >= 4 is 22.9 Å². The zero-order valence-corrected chi connectivity index (χ0v) is 15.0. The van der Waals surface area contributed by atoms with Crippen LogP contribution < -0.4 is 10.1 Å². The van der Waals surface area contributed by atoms with Crippen LogP contribution in [0.3, 0.4) is 0 Å². The third kappa shape index (κ3) is 4.26. The predicted octanol–water partition coefficient (Wildman–Crippen LogP) is 4.26. The van der Waals surface area contributed by atoms with Gasteiger partial charge < -0.3 is 10.1 Å². The monoisotopic (exact) mass is 363 g/mol. The number of para-hydroxylation sites is 1. The van der Waals surface area contributed by atoms with Gasteiger partial charge in [-0.2, -0.15) is 5.26 Å². The molecule has 0 radical (unpaired) electrons. The van der Waals surface area contributed by atoms with E-state index >= 15 is 0 Å². The molecule has 1 aromatic heterocycles. The van der Waals surface area contributed by atoms with Crippen LogP contribution in [0.25, 0.3) is 10.6 Å². The fourth-order valence-electron chi connectivity index (χ4n) is 2.43. The van der Waals surface area contributed by atoms with Crippen molar-refractivity contribution in [1.82, 2.24) is 4.98 Å². The minimum Gasteiger partial charge on any atom is -0.497 e. The number of benzene rings is 2. The highest BCUT2D eigenvalue weighted by Gasteiger charge is 2.09. The quantitative estimate of drug-likeness (QED) is 0.710. The van der Waals surface area contributed by atoms with E-state index in [-0.39, 0.29) is 5.91 Å². The van der Waals surface area contributed by atoms with Crippen molar-refractivity contribution < 1.29 is 9.53 Å². The number of hydrogen-bond acceptors (Lipinski definition) is 5. The van der Waals surface area contributed by atoms with Gasteiger partial charge >= 0.3 is 0 Å². The van der Waals surface area contributed by atoms with Crippen LogP contribution in [0, 0.1) is 11.3 Å². The summed E-state index contributed by atoms with van der Waals surface area (Å²) in [5.41, 5.74) is 2.90. The molecule has 0 unspecified atom stereocenters. The van der Waals surface area contributed by atoms with Crippen molar-refractivity contribution in [2.45, 2.75) is 12.8 Å². The summed E-state index contributed by atoms with van der Waals surface area (Å²) in [5.74, 6) is 0.673. The van der Waals surface area contributed by atoms with Gasteiger partial charge in [-0.3, -0.25) is 4.79 Å². The summed E-state index contributed by atoms with van der Waals surface area (Å²) < 4.78 is 5.16. The first-order valence-corrected chi connectivity index (χ1v) is 8.95. The number of amides is 1. The number of aromatic nitrogens is 1. The third-order valence-electron chi connectivity index (χ3n) is 3.82. The average molecular weight is 363 g/mol. The second kappa shape index (κ2) is 8.28. The lowest BCUT2D eigenvalue weighted by Gasteiger charge is -2.06. The molecule has 0 spiro atoms. The van der Waals surface area contributed by atoms with Crippen molar-refractivity contribution in [1.29, 1.82) is 5.26 Å². The number of methoxy groups -OCH3 is 1. The summed E-state index contributed by atoms with van der Waals surface area (Å²) in [6, 6.07) is 16.8. The van der Waals surface area contributed by atoms with Crippen molar-refractivity contribution in [2.75, 3.05) is 12.4 Å². The Labute approximate surface area is 155 Å². The summed E-state index contributed by atoms with van der Waals surface area (Å²) in [7, 11) is 1.64. The van der Waals surface area contributed by atoms with Gasteiger partial charge in [-0.1, -0.05) is 12.1 Å². The lowest BCUT2D eigenvalue weighted by molar-refractivity contribution is -0.116. The zero-order chi connectivity index (χ0) is 18.4. The molecular formula is C20H17N3O2S. The van der Waals surface area contributed by atoms with Gasteiger partial charge in [0.1, 0.15) is 16.8 Å². The second-order valence-electron chi connectivity index (χ2n) is 5.58. The standard InChI is InChI=1S/C20H17N3O2S/c1-25-17-9-6-14(7-10-17)20-22-16(13-26-20)8-11-19(24)23-18-5-3-2-4-15(18)12-21/h2-7,9-10,13H,8,11H2,1H3,(H,23,24). The number of nitriles is 1. The van der Waals surface area contributed by atoms with Gasteiger partial charge in [0.25, 0.3) is 0 Å². The number of rotatable bonds is 6.